The molecule has 1 atom stereocenters. The molecule has 1 aromatic rings. The Morgan fingerprint density at radius 2 is 2.09 bits per heavy atom. The third kappa shape index (κ3) is 3.62. The molecule has 2 heterocycles. The minimum Gasteiger partial charge on any atom is -0.454 e. The standard InChI is InChI=1S/C18H27NO4/c1-14-8-16-17(23-13-22-16)9-15(14)10-19-6-3-4-18(11-19,12-20)5-7-21-2/h8-9,20H,3-7,10-13H2,1-2H3. The second-order valence-corrected chi connectivity index (χ2v) is 6.85. The summed E-state index contributed by atoms with van der Waals surface area (Å²) in [5.41, 5.74) is 2.47. The number of fused-ring (bicyclic) bond motifs is 1. The smallest absolute Gasteiger partial charge is 0.231 e. The van der Waals surface area contributed by atoms with Crippen molar-refractivity contribution >= 4 is 0 Å². The van der Waals surface area contributed by atoms with Crippen molar-refractivity contribution in [3.8, 4) is 11.5 Å². The SMILES string of the molecule is COCCC1(CO)CCCN(Cc2cc3c(cc2C)OCO3)C1. The van der Waals surface area contributed by atoms with Gasteiger partial charge in [-0.2, -0.15) is 0 Å². The summed E-state index contributed by atoms with van der Waals surface area (Å²) < 4.78 is 16.2. The number of likely N-dealkylation sites (tertiary alicyclic amines) is 1. The van der Waals surface area contributed by atoms with Crippen LogP contribution in [0.5, 0.6) is 11.5 Å². The van der Waals surface area contributed by atoms with E-state index in [1.54, 1.807) is 7.11 Å². The summed E-state index contributed by atoms with van der Waals surface area (Å²) in [6, 6.07) is 4.16. The van der Waals surface area contributed by atoms with Crippen LogP contribution in [0, 0.1) is 12.3 Å². The number of hydrogen-bond donors (Lipinski definition) is 1. The van der Waals surface area contributed by atoms with Crippen LogP contribution in [0.4, 0.5) is 0 Å². The number of piperidine rings is 1. The molecule has 0 saturated carbocycles. The molecule has 0 aliphatic carbocycles. The molecule has 1 fully saturated rings. The van der Waals surface area contributed by atoms with Crippen molar-refractivity contribution in [3.63, 3.8) is 0 Å². The first-order valence-corrected chi connectivity index (χ1v) is 8.37. The lowest BCUT2D eigenvalue weighted by molar-refractivity contribution is 0.00469. The van der Waals surface area contributed by atoms with Crippen molar-refractivity contribution in [3.05, 3.63) is 23.3 Å². The molecule has 2 aliphatic heterocycles. The van der Waals surface area contributed by atoms with Crippen molar-refractivity contribution in [1.82, 2.24) is 4.90 Å². The number of ether oxygens (including phenoxy) is 3. The Morgan fingerprint density at radius 1 is 1.30 bits per heavy atom. The van der Waals surface area contributed by atoms with Crippen molar-refractivity contribution in [2.24, 2.45) is 5.41 Å². The van der Waals surface area contributed by atoms with E-state index in [-0.39, 0.29) is 12.0 Å². The molecule has 2 aliphatic rings. The van der Waals surface area contributed by atoms with Gasteiger partial charge in [0.05, 0.1) is 6.61 Å². The molecule has 128 valence electrons. The molecule has 3 rings (SSSR count). The zero-order chi connectivity index (χ0) is 16.3. The highest BCUT2D eigenvalue weighted by atomic mass is 16.7. The average Bonchev–Trinajstić information content (AvgIpc) is 3.00. The lowest BCUT2D eigenvalue weighted by Crippen LogP contribution is -2.45. The van der Waals surface area contributed by atoms with E-state index in [0.717, 1.165) is 50.4 Å². The van der Waals surface area contributed by atoms with Crippen molar-refractivity contribution < 1.29 is 19.3 Å². The van der Waals surface area contributed by atoms with E-state index in [9.17, 15) is 5.11 Å². The fraction of sp³-hybridized carbons (Fsp3) is 0.667. The van der Waals surface area contributed by atoms with Crippen LogP contribution in [-0.2, 0) is 11.3 Å². The molecular weight excluding hydrogens is 294 g/mol. The number of aliphatic hydroxyl groups is 1. The maximum atomic E-state index is 9.91. The van der Waals surface area contributed by atoms with Gasteiger partial charge >= 0.3 is 0 Å². The highest BCUT2D eigenvalue weighted by Gasteiger charge is 2.34. The van der Waals surface area contributed by atoms with Crippen LogP contribution in [0.2, 0.25) is 0 Å². The predicted octanol–water partition coefficient (Wildman–Crippen LogP) is 2.33. The van der Waals surface area contributed by atoms with Gasteiger partial charge in [-0.3, -0.25) is 4.90 Å². The van der Waals surface area contributed by atoms with Gasteiger partial charge < -0.3 is 19.3 Å². The minimum atomic E-state index is -0.0293. The van der Waals surface area contributed by atoms with Gasteiger partial charge in [0.2, 0.25) is 6.79 Å². The first kappa shape index (κ1) is 16.6. The van der Waals surface area contributed by atoms with E-state index in [1.165, 1.54) is 11.1 Å². The molecule has 0 radical (unpaired) electrons. The van der Waals surface area contributed by atoms with E-state index in [0.29, 0.717) is 13.4 Å². The fourth-order valence-electron chi connectivity index (χ4n) is 3.67. The van der Waals surface area contributed by atoms with Gasteiger partial charge in [-0.15, -0.1) is 0 Å². The minimum absolute atomic E-state index is 0.0293. The average molecular weight is 321 g/mol. The number of aliphatic hydroxyl groups excluding tert-OH is 1. The fourth-order valence-corrected chi connectivity index (χ4v) is 3.67. The summed E-state index contributed by atoms with van der Waals surface area (Å²) >= 11 is 0. The van der Waals surface area contributed by atoms with Crippen LogP contribution < -0.4 is 9.47 Å². The predicted molar refractivity (Wildman–Crippen MR) is 87.8 cm³/mol. The molecule has 1 N–H and O–H groups in total. The quantitative estimate of drug-likeness (QED) is 0.871. The number of benzene rings is 1. The largest absolute Gasteiger partial charge is 0.454 e. The van der Waals surface area contributed by atoms with E-state index >= 15 is 0 Å². The molecule has 5 heteroatoms. The lowest BCUT2D eigenvalue weighted by Gasteiger charge is -2.42. The Hall–Kier alpha value is -1.30. The second-order valence-electron chi connectivity index (χ2n) is 6.85. The van der Waals surface area contributed by atoms with E-state index in [1.807, 2.05) is 0 Å². The molecule has 1 saturated heterocycles. The van der Waals surface area contributed by atoms with Gasteiger partial charge in [0, 0.05) is 32.2 Å². The summed E-state index contributed by atoms with van der Waals surface area (Å²) in [5.74, 6) is 1.69. The zero-order valence-corrected chi connectivity index (χ0v) is 14.1. The Kier molecular flexibility index (Phi) is 5.09. The molecule has 1 aromatic carbocycles. The third-order valence-electron chi connectivity index (χ3n) is 5.14. The van der Waals surface area contributed by atoms with Crippen molar-refractivity contribution in [2.45, 2.75) is 32.7 Å². The van der Waals surface area contributed by atoms with Crippen molar-refractivity contribution in [2.75, 3.05) is 40.2 Å². The number of aryl methyl sites for hydroxylation is 1. The molecule has 1 unspecified atom stereocenters. The number of nitrogens with zero attached hydrogens (tertiary/aromatic N) is 1. The normalized spacial score (nSPS) is 24.1. The van der Waals surface area contributed by atoms with Gasteiger partial charge in [0.25, 0.3) is 0 Å². The van der Waals surface area contributed by atoms with Gasteiger partial charge in [-0.25, -0.2) is 0 Å². The third-order valence-corrected chi connectivity index (χ3v) is 5.14. The zero-order valence-electron chi connectivity index (χ0n) is 14.1. The molecule has 23 heavy (non-hydrogen) atoms. The highest BCUT2D eigenvalue weighted by molar-refractivity contribution is 5.48. The molecule has 0 bridgehead atoms. The molecule has 0 aromatic heterocycles. The first-order chi connectivity index (χ1) is 11.2. The number of methoxy groups -OCH3 is 1. The molecule has 5 nitrogen and oxygen atoms in total. The van der Waals surface area contributed by atoms with Crippen LogP contribution >= 0.6 is 0 Å². The number of rotatable bonds is 6. The molecule has 0 spiro atoms. The van der Waals surface area contributed by atoms with Crippen molar-refractivity contribution in [1.29, 1.82) is 0 Å². The molecular formula is C18H27NO4. The van der Waals surface area contributed by atoms with E-state index in [4.69, 9.17) is 14.2 Å². The first-order valence-electron chi connectivity index (χ1n) is 8.37. The van der Waals surface area contributed by atoms with Crippen LogP contribution in [0.15, 0.2) is 12.1 Å². The van der Waals surface area contributed by atoms with E-state index in [2.05, 4.69) is 24.0 Å². The summed E-state index contributed by atoms with van der Waals surface area (Å²) in [6.07, 6.45) is 3.11. The van der Waals surface area contributed by atoms with Crippen LogP contribution in [0.3, 0.4) is 0 Å². The Balaban J connectivity index is 1.70. The monoisotopic (exact) mass is 321 g/mol. The second kappa shape index (κ2) is 7.07. The lowest BCUT2D eigenvalue weighted by atomic mass is 9.78. The maximum absolute atomic E-state index is 9.91. The maximum Gasteiger partial charge on any atom is 0.231 e. The van der Waals surface area contributed by atoms with E-state index < -0.39 is 0 Å². The van der Waals surface area contributed by atoms with Gasteiger partial charge in [-0.1, -0.05) is 0 Å². The van der Waals surface area contributed by atoms with Gasteiger partial charge in [0.1, 0.15) is 0 Å². The highest BCUT2D eigenvalue weighted by Crippen LogP contribution is 2.37. The summed E-state index contributed by atoms with van der Waals surface area (Å²) in [4.78, 5) is 2.44. The Morgan fingerprint density at radius 3 is 2.83 bits per heavy atom. The Labute approximate surface area is 138 Å². The van der Waals surface area contributed by atoms with Crippen LogP contribution in [0.1, 0.15) is 30.4 Å². The van der Waals surface area contributed by atoms with Crippen LogP contribution in [0.25, 0.3) is 0 Å². The molecule has 0 amide bonds. The van der Waals surface area contributed by atoms with Crippen LogP contribution in [-0.4, -0.2) is 50.2 Å². The Bertz CT molecular complexity index is 548. The summed E-state index contributed by atoms with van der Waals surface area (Å²) in [5, 5.41) is 9.91. The summed E-state index contributed by atoms with van der Waals surface area (Å²) in [7, 11) is 1.72. The van der Waals surface area contributed by atoms with Gasteiger partial charge in [-0.05, 0) is 56.0 Å². The number of hydrogen-bond acceptors (Lipinski definition) is 5. The summed E-state index contributed by atoms with van der Waals surface area (Å²) in [6.45, 7) is 6.24. The van der Waals surface area contributed by atoms with Gasteiger partial charge in [0.15, 0.2) is 11.5 Å². The topological polar surface area (TPSA) is 51.2 Å².